The zero-order valence-electron chi connectivity index (χ0n) is 14.8. The first-order chi connectivity index (χ1) is 11.2. The molecule has 1 atom stereocenters. The van der Waals surface area contributed by atoms with E-state index in [0.29, 0.717) is 16.7 Å². The SMILES string of the molecule is CC(=O)Nc1nc(C)c(S(=O)(=O)N(C)[C@@H](C)CC2CCCCC2)s1. The van der Waals surface area contributed by atoms with Crippen LogP contribution >= 0.6 is 11.3 Å². The predicted molar refractivity (Wildman–Crippen MR) is 96.8 cm³/mol. The largest absolute Gasteiger partial charge is 0.302 e. The highest BCUT2D eigenvalue weighted by Gasteiger charge is 2.31. The first kappa shape index (κ1) is 19.3. The third kappa shape index (κ3) is 4.55. The van der Waals surface area contributed by atoms with Gasteiger partial charge in [-0.15, -0.1) is 0 Å². The maximum absolute atomic E-state index is 12.9. The fourth-order valence-electron chi connectivity index (χ4n) is 3.25. The van der Waals surface area contributed by atoms with Crippen LogP contribution in [-0.4, -0.2) is 36.7 Å². The molecule has 0 saturated heterocycles. The number of anilines is 1. The monoisotopic (exact) mass is 373 g/mol. The lowest BCUT2D eigenvalue weighted by Crippen LogP contribution is -2.36. The van der Waals surface area contributed by atoms with Crippen LogP contribution in [0.3, 0.4) is 0 Å². The molecule has 8 heteroatoms. The van der Waals surface area contributed by atoms with Crippen molar-refractivity contribution in [2.75, 3.05) is 12.4 Å². The summed E-state index contributed by atoms with van der Waals surface area (Å²) in [5.41, 5.74) is 0.431. The minimum Gasteiger partial charge on any atom is -0.302 e. The number of aromatic nitrogens is 1. The molecule has 1 N–H and O–H groups in total. The maximum atomic E-state index is 12.9. The molecule has 1 heterocycles. The van der Waals surface area contributed by atoms with Gasteiger partial charge in [0.25, 0.3) is 10.0 Å². The van der Waals surface area contributed by atoms with Crippen LogP contribution in [0.5, 0.6) is 0 Å². The van der Waals surface area contributed by atoms with Gasteiger partial charge in [-0.1, -0.05) is 43.4 Å². The van der Waals surface area contributed by atoms with Gasteiger partial charge in [0.15, 0.2) is 9.34 Å². The van der Waals surface area contributed by atoms with E-state index in [9.17, 15) is 13.2 Å². The van der Waals surface area contributed by atoms with Gasteiger partial charge in [0, 0.05) is 20.0 Å². The summed E-state index contributed by atoms with van der Waals surface area (Å²) in [6, 6.07) is -0.0520. The molecule has 1 aromatic rings. The zero-order chi connectivity index (χ0) is 17.9. The summed E-state index contributed by atoms with van der Waals surface area (Å²) in [4.78, 5) is 15.3. The molecular weight excluding hydrogens is 346 g/mol. The minimum atomic E-state index is -3.60. The van der Waals surface area contributed by atoms with Gasteiger partial charge in [-0.3, -0.25) is 4.79 Å². The molecule has 0 spiro atoms. The van der Waals surface area contributed by atoms with Gasteiger partial charge in [0.05, 0.1) is 5.69 Å². The van der Waals surface area contributed by atoms with Crippen molar-refractivity contribution in [1.82, 2.24) is 9.29 Å². The summed E-state index contributed by atoms with van der Waals surface area (Å²) >= 11 is 1.01. The molecule has 0 aromatic carbocycles. The zero-order valence-corrected chi connectivity index (χ0v) is 16.5. The van der Waals surface area contributed by atoms with Gasteiger partial charge >= 0.3 is 0 Å². The highest BCUT2D eigenvalue weighted by atomic mass is 32.2. The first-order valence-corrected chi connectivity index (χ1v) is 10.7. The molecule has 0 radical (unpaired) electrons. The molecule has 1 amide bonds. The molecule has 0 unspecified atom stereocenters. The number of amides is 1. The lowest BCUT2D eigenvalue weighted by atomic mass is 9.85. The van der Waals surface area contributed by atoms with Crippen molar-refractivity contribution in [1.29, 1.82) is 0 Å². The Kier molecular flexibility index (Phi) is 6.39. The van der Waals surface area contributed by atoms with Crippen LogP contribution in [0, 0.1) is 12.8 Å². The quantitative estimate of drug-likeness (QED) is 0.829. The van der Waals surface area contributed by atoms with Crippen LogP contribution in [0.25, 0.3) is 0 Å². The average Bonchev–Trinajstić information content (AvgIpc) is 2.87. The summed E-state index contributed by atoms with van der Waals surface area (Å²) in [6.07, 6.45) is 7.09. The second kappa shape index (κ2) is 7.93. The van der Waals surface area contributed by atoms with Gasteiger partial charge in [-0.05, 0) is 26.2 Å². The highest BCUT2D eigenvalue weighted by Crippen LogP contribution is 2.33. The third-order valence-corrected chi connectivity index (χ3v) is 8.30. The van der Waals surface area contributed by atoms with E-state index in [1.807, 2.05) is 6.92 Å². The summed E-state index contributed by atoms with van der Waals surface area (Å²) in [6.45, 7) is 5.01. The van der Waals surface area contributed by atoms with Crippen LogP contribution in [0.1, 0.15) is 58.1 Å². The number of carbonyl (C=O) groups excluding carboxylic acids is 1. The molecule has 24 heavy (non-hydrogen) atoms. The number of hydrogen-bond acceptors (Lipinski definition) is 5. The van der Waals surface area contributed by atoms with Gasteiger partial charge in [-0.2, -0.15) is 4.31 Å². The lowest BCUT2D eigenvalue weighted by Gasteiger charge is -2.29. The summed E-state index contributed by atoms with van der Waals surface area (Å²) in [7, 11) is -1.96. The Labute approximate surface area is 148 Å². The van der Waals surface area contributed by atoms with Crippen molar-refractivity contribution >= 4 is 32.4 Å². The molecule has 1 aliphatic rings. The second-order valence-electron chi connectivity index (χ2n) is 6.68. The van der Waals surface area contributed by atoms with E-state index in [-0.39, 0.29) is 16.2 Å². The Morgan fingerprint density at radius 3 is 2.58 bits per heavy atom. The summed E-state index contributed by atoms with van der Waals surface area (Å²) in [5, 5.41) is 2.88. The maximum Gasteiger partial charge on any atom is 0.254 e. The van der Waals surface area contributed by atoms with E-state index in [1.165, 1.54) is 43.3 Å². The molecule has 2 rings (SSSR count). The van der Waals surface area contributed by atoms with Crippen molar-refractivity contribution < 1.29 is 13.2 Å². The number of carbonyl (C=O) groups is 1. The molecule has 1 saturated carbocycles. The number of hydrogen-bond donors (Lipinski definition) is 1. The molecule has 1 aromatic heterocycles. The average molecular weight is 374 g/mol. The fraction of sp³-hybridized carbons (Fsp3) is 0.750. The number of thiazole rings is 1. The highest BCUT2D eigenvalue weighted by molar-refractivity contribution is 7.91. The molecule has 6 nitrogen and oxygen atoms in total. The minimum absolute atomic E-state index is 0.0520. The number of nitrogens with zero attached hydrogens (tertiary/aromatic N) is 2. The van der Waals surface area contributed by atoms with Crippen LogP contribution < -0.4 is 5.32 Å². The van der Waals surface area contributed by atoms with E-state index in [1.54, 1.807) is 14.0 Å². The molecule has 0 aliphatic heterocycles. The van der Waals surface area contributed by atoms with Crippen molar-refractivity contribution in [2.24, 2.45) is 5.92 Å². The number of aryl methyl sites for hydroxylation is 1. The smallest absolute Gasteiger partial charge is 0.254 e. The molecule has 136 valence electrons. The number of rotatable bonds is 6. The van der Waals surface area contributed by atoms with E-state index in [2.05, 4.69) is 10.3 Å². The first-order valence-electron chi connectivity index (χ1n) is 8.45. The normalized spacial score (nSPS) is 17.9. The molecule has 1 aliphatic carbocycles. The standard InChI is InChI=1S/C16H27N3O3S2/c1-11(10-14-8-6-5-7-9-14)19(4)24(21,22)15-12(2)17-16(23-15)18-13(3)20/h11,14H,5-10H2,1-4H3,(H,17,18,20)/t11-/m0/s1. The van der Waals surface area contributed by atoms with Crippen LogP contribution in [0.4, 0.5) is 5.13 Å². The Balaban J connectivity index is 2.13. The molecule has 1 fully saturated rings. The van der Waals surface area contributed by atoms with Crippen LogP contribution in [0.2, 0.25) is 0 Å². The van der Waals surface area contributed by atoms with Gasteiger partial charge in [0.2, 0.25) is 5.91 Å². The molecular formula is C16H27N3O3S2. The summed E-state index contributed by atoms with van der Waals surface area (Å²) in [5.74, 6) is 0.357. The number of sulfonamides is 1. The second-order valence-corrected chi connectivity index (χ2v) is 9.87. The van der Waals surface area contributed by atoms with Crippen LogP contribution in [0.15, 0.2) is 4.21 Å². The topological polar surface area (TPSA) is 79.4 Å². The lowest BCUT2D eigenvalue weighted by molar-refractivity contribution is -0.114. The van der Waals surface area contributed by atoms with E-state index in [4.69, 9.17) is 0 Å². The van der Waals surface area contributed by atoms with Crippen molar-refractivity contribution in [3.63, 3.8) is 0 Å². The predicted octanol–water partition coefficient (Wildman–Crippen LogP) is 3.39. The Morgan fingerprint density at radius 1 is 1.38 bits per heavy atom. The van der Waals surface area contributed by atoms with E-state index < -0.39 is 10.0 Å². The fourth-order valence-corrected chi connectivity index (χ4v) is 6.24. The van der Waals surface area contributed by atoms with Gasteiger partial charge in [0.1, 0.15) is 0 Å². The van der Waals surface area contributed by atoms with E-state index in [0.717, 1.165) is 17.8 Å². The molecule has 0 bridgehead atoms. The van der Waals surface area contributed by atoms with Crippen molar-refractivity contribution in [2.45, 2.75) is 69.5 Å². The van der Waals surface area contributed by atoms with Crippen molar-refractivity contribution in [3.8, 4) is 0 Å². The third-order valence-electron chi connectivity index (χ3n) is 4.67. The summed E-state index contributed by atoms with van der Waals surface area (Å²) < 4.78 is 27.5. The van der Waals surface area contributed by atoms with Crippen molar-refractivity contribution in [3.05, 3.63) is 5.69 Å². The Hall–Kier alpha value is -0.990. The van der Waals surface area contributed by atoms with Gasteiger partial charge < -0.3 is 5.32 Å². The van der Waals surface area contributed by atoms with E-state index >= 15 is 0 Å². The Morgan fingerprint density at radius 2 is 2.00 bits per heavy atom. The van der Waals surface area contributed by atoms with Gasteiger partial charge in [-0.25, -0.2) is 13.4 Å². The Bertz CT molecular complexity index is 679. The number of nitrogens with one attached hydrogen (secondary N) is 1. The van der Waals surface area contributed by atoms with Crippen LogP contribution in [-0.2, 0) is 14.8 Å².